The number of para-hydroxylation sites is 1. The van der Waals surface area contributed by atoms with E-state index < -0.39 is 0 Å². The van der Waals surface area contributed by atoms with Gasteiger partial charge in [-0.3, -0.25) is 4.79 Å². The summed E-state index contributed by atoms with van der Waals surface area (Å²) in [6.45, 7) is 2.99. The molecule has 1 aliphatic carbocycles. The SMILES string of the molecule is COc1ccc(C(=O)N(Cc2csc(COc3ccccc3C)n2)C2CC2)cc1. The zero-order valence-electron chi connectivity index (χ0n) is 16.6. The Hall–Kier alpha value is -2.86. The number of carbonyl (C=O) groups excluding carboxylic acids is 1. The highest BCUT2D eigenvalue weighted by atomic mass is 32.1. The number of carbonyl (C=O) groups is 1. The van der Waals surface area contributed by atoms with Crippen LogP contribution in [0.15, 0.2) is 53.9 Å². The van der Waals surface area contributed by atoms with E-state index in [4.69, 9.17) is 9.47 Å². The molecule has 0 unspecified atom stereocenters. The Morgan fingerprint density at radius 2 is 1.93 bits per heavy atom. The van der Waals surface area contributed by atoms with Crippen LogP contribution in [0, 0.1) is 6.92 Å². The molecule has 0 saturated heterocycles. The number of rotatable bonds is 8. The van der Waals surface area contributed by atoms with Crippen molar-refractivity contribution in [2.24, 2.45) is 0 Å². The highest BCUT2D eigenvalue weighted by Gasteiger charge is 2.33. The molecule has 1 fully saturated rings. The van der Waals surface area contributed by atoms with Crippen LogP contribution < -0.4 is 9.47 Å². The van der Waals surface area contributed by atoms with E-state index in [0.29, 0.717) is 24.8 Å². The monoisotopic (exact) mass is 408 g/mol. The van der Waals surface area contributed by atoms with Crippen LogP contribution in [0.3, 0.4) is 0 Å². The first-order chi connectivity index (χ1) is 14.1. The molecule has 150 valence electrons. The van der Waals surface area contributed by atoms with E-state index in [1.54, 1.807) is 18.4 Å². The van der Waals surface area contributed by atoms with Gasteiger partial charge in [-0.25, -0.2) is 4.98 Å². The second-order valence-corrected chi connectivity index (χ2v) is 8.12. The van der Waals surface area contributed by atoms with Gasteiger partial charge in [0, 0.05) is 17.0 Å². The van der Waals surface area contributed by atoms with Crippen molar-refractivity contribution in [1.82, 2.24) is 9.88 Å². The molecular formula is C23H24N2O3S. The predicted molar refractivity (Wildman–Crippen MR) is 114 cm³/mol. The summed E-state index contributed by atoms with van der Waals surface area (Å²) in [5.41, 5.74) is 2.69. The summed E-state index contributed by atoms with van der Waals surface area (Å²) < 4.78 is 11.1. The smallest absolute Gasteiger partial charge is 0.254 e. The Morgan fingerprint density at radius 3 is 2.62 bits per heavy atom. The molecule has 0 N–H and O–H groups in total. The molecule has 0 bridgehead atoms. The summed E-state index contributed by atoms with van der Waals surface area (Å²) >= 11 is 1.57. The lowest BCUT2D eigenvalue weighted by Crippen LogP contribution is -2.32. The van der Waals surface area contributed by atoms with E-state index in [-0.39, 0.29) is 5.91 Å². The van der Waals surface area contributed by atoms with Crippen molar-refractivity contribution in [2.75, 3.05) is 7.11 Å². The quantitative estimate of drug-likeness (QED) is 0.535. The Bertz CT molecular complexity index is 980. The van der Waals surface area contributed by atoms with Crippen molar-refractivity contribution in [3.05, 3.63) is 75.7 Å². The zero-order chi connectivity index (χ0) is 20.2. The number of methoxy groups -OCH3 is 1. The average Bonchev–Trinajstić information content (AvgIpc) is 3.50. The Morgan fingerprint density at radius 1 is 1.17 bits per heavy atom. The Labute approximate surface area is 174 Å². The first-order valence-electron chi connectivity index (χ1n) is 9.71. The molecule has 0 spiro atoms. The molecule has 0 radical (unpaired) electrons. The summed E-state index contributed by atoms with van der Waals surface area (Å²) in [6.07, 6.45) is 2.10. The van der Waals surface area contributed by atoms with E-state index >= 15 is 0 Å². The highest BCUT2D eigenvalue weighted by molar-refractivity contribution is 7.09. The highest BCUT2D eigenvalue weighted by Crippen LogP contribution is 2.30. The van der Waals surface area contributed by atoms with E-state index in [2.05, 4.69) is 4.98 Å². The molecule has 1 heterocycles. The second kappa shape index (κ2) is 8.66. The minimum absolute atomic E-state index is 0.0425. The van der Waals surface area contributed by atoms with Crippen LogP contribution >= 0.6 is 11.3 Å². The number of amides is 1. The maximum atomic E-state index is 13.0. The minimum Gasteiger partial charge on any atom is -0.497 e. The molecule has 1 amide bonds. The molecular weight excluding hydrogens is 384 g/mol. The largest absolute Gasteiger partial charge is 0.497 e. The Balaban J connectivity index is 1.41. The molecule has 2 aromatic carbocycles. The normalized spacial score (nSPS) is 13.2. The molecule has 4 rings (SSSR count). The summed E-state index contributed by atoms with van der Waals surface area (Å²) in [5.74, 6) is 1.66. The molecule has 5 nitrogen and oxygen atoms in total. The van der Waals surface area contributed by atoms with Crippen LogP contribution in [0.1, 0.15) is 39.5 Å². The van der Waals surface area contributed by atoms with Crippen molar-refractivity contribution >= 4 is 17.2 Å². The molecule has 0 aliphatic heterocycles. The fourth-order valence-electron chi connectivity index (χ4n) is 3.17. The third-order valence-electron chi connectivity index (χ3n) is 4.96. The number of ether oxygens (including phenoxy) is 2. The lowest BCUT2D eigenvalue weighted by molar-refractivity contribution is 0.0728. The fourth-order valence-corrected chi connectivity index (χ4v) is 3.87. The fraction of sp³-hybridized carbons (Fsp3) is 0.304. The van der Waals surface area contributed by atoms with Gasteiger partial charge in [0.1, 0.15) is 23.1 Å². The number of hydrogen-bond donors (Lipinski definition) is 0. The van der Waals surface area contributed by atoms with Crippen LogP contribution in [-0.4, -0.2) is 28.9 Å². The van der Waals surface area contributed by atoms with Crippen LogP contribution in [0.5, 0.6) is 11.5 Å². The summed E-state index contributed by atoms with van der Waals surface area (Å²) in [5, 5.41) is 2.93. The van der Waals surface area contributed by atoms with Gasteiger partial charge in [0.2, 0.25) is 0 Å². The van der Waals surface area contributed by atoms with Gasteiger partial charge in [0.05, 0.1) is 19.3 Å². The predicted octanol–water partition coefficient (Wildman–Crippen LogP) is 4.84. The standard InChI is InChI=1S/C23H24N2O3S/c1-16-5-3-4-6-21(16)28-14-22-24-18(15-29-22)13-25(19-9-10-19)23(26)17-7-11-20(27-2)12-8-17/h3-8,11-12,15,19H,9-10,13-14H2,1-2H3. The molecule has 1 aliphatic rings. The van der Waals surface area contributed by atoms with Gasteiger partial charge in [-0.05, 0) is 55.7 Å². The first-order valence-corrected chi connectivity index (χ1v) is 10.6. The number of aromatic nitrogens is 1. The molecule has 1 saturated carbocycles. The summed E-state index contributed by atoms with van der Waals surface area (Å²) in [4.78, 5) is 19.6. The van der Waals surface area contributed by atoms with Crippen LogP contribution in [0.25, 0.3) is 0 Å². The number of aryl methyl sites for hydroxylation is 1. The average molecular weight is 409 g/mol. The first kappa shape index (κ1) is 19.5. The van der Waals surface area contributed by atoms with Gasteiger partial charge in [-0.15, -0.1) is 11.3 Å². The Kier molecular flexibility index (Phi) is 5.81. The zero-order valence-corrected chi connectivity index (χ0v) is 17.4. The third-order valence-corrected chi connectivity index (χ3v) is 5.83. The topological polar surface area (TPSA) is 51.7 Å². The maximum absolute atomic E-state index is 13.0. The van der Waals surface area contributed by atoms with E-state index in [1.807, 2.05) is 65.7 Å². The van der Waals surface area contributed by atoms with Gasteiger partial charge in [0.15, 0.2) is 0 Å². The third kappa shape index (κ3) is 4.77. The minimum atomic E-state index is 0.0425. The molecule has 1 aromatic heterocycles. The van der Waals surface area contributed by atoms with Crippen LogP contribution in [0.4, 0.5) is 0 Å². The van der Waals surface area contributed by atoms with Gasteiger partial charge in [-0.2, -0.15) is 0 Å². The van der Waals surface area contributed by atoms with E-state index in [0.717, 1.165) is 40.6 Å². The number of nitrogens with zero attached hydrogens (tertiary/aromatic N) is 2. The lowest BCUT2D eigenvalue weighted by atomic mass is 10.2. The maximum Gasteiger partial charge on any atom is 0.254 e. The van der Waals surface area contributed by atoms with Crippen molar-refractivity contribution in [3.8, 4) is 11.5 Å². The van der Waals surface area contributed by atoms with Crippen LogP contribution in [-0.2, 0) is 13.2 Å². The molecule has 3 aromatic rings. The van der Waals surface area contributed by atoms with Crippen molar-refractivity contribution in [3.63, 3.8) is 0 Å². The molecule has 29 heavy (non-hydrogen) atoms. The summed E-state index contributed by atoms with van der Waals surface area (Å²) in [7, 11) is 1.62. The number of thiazole rings is 1. The molecule has 6 heteroatoms. The lowest BCUT2D eigenvalue weighted by Gasteiger charge is -2.21. The van der Waals surface area contributed by atoms with Crippen molar-refractivity contribution in [2.45, 2.75) is 39.0 Å². The number of benzene rings is 2. The van der Waals surface area contributed by atoms with Crippen molar-refractivity contribution in [1.29, 1.82) is 0 Å². The van der Waals surface area contributed by atoms with Gasteiger partial charge in [0.25, 0.3) is 5.91 Å². The van der Waals surface area contributed by atoms with E-state index in [1.165, 1.54) is 0 Å². The summed E-state index contributed by atoms with van der Waals surface area (Å²) in [6, 6.07) is 15.5. The van der Waals surface area contributed by atoms with E-state index in [9.17, 15) is 4.79 Å². The van der Waals surface area contributed by atoms with Gasteiger partial charge in [-0.1, -0.05) is 18.2 Å². The van der Waals surface area contributed by atoms with Gasteiger partial charge < -0.3 is 14.4 Å². The second-order valence-electron chi connectivity index (χ2n) is 7.18. The van der Waals surface area contributed by atoms with Crippen LogP contribution in [0.2, 0.25) is 0 Å². The number of hydrogen-bond acceptors (Lipinski definition) is 5. The molecule has 0 atom stereocenters. The van der Waals surface area contributed by atoms with Gasteiger partial charge >= 0.3 is 0 Å². The van der Waals surface area contributed by atoms with Crippen molar-refractivity contribution < 1.29 is 14.3 Å².